The number of rotatable bonds is 6. The molecule has 0 amide bonds. The van der Waals surface area contributed by atoms with Crippen LogP contribution < -0.4 is 19.5 Å². The largest absolute Gasteiger partial charge is 0.493 e. The summed E-state index contributed by atoms with van der Waals surface area (Å²) in [6.45, 7) is 1.68. The summed E-state index contributed by atoms with van der Waals surface area (Å²) in [6, 6.07) is 9.75. The fraction of sp³-hybridized carbons (Fsp3) is 0.316. The Balaban J connectivity index is 1.76. The van der Waals surface area contributed by atoms with Crippen molar-refractivity contribution < 1.29 is 22.6 Å². The van der Waals surface area contributed by atoms with Crippen LogP contribution in [0.2, 0.25) is 0 Å². The van der Waals surface area contributed by atoms with Gasteiger partial charge in [0.1, 0.15) is 11.9 Å². The van der Waals surface area contributed by atoms with Crippen molar-refractivity contribution in [1.29, 1.82) is 0 Å². The molecule has 1 aromatic heterocycles. The van der Waals surface area contributed by atoms with E-state index in [1.807, 2.05) is 6.07 Å². The van der Waals surface area contributed by atoms with Crippen molar-refractivity contribution in [2.75, 3.05) is 27.3 Å². The van der Waals surface area contributed by atoms with Crippen molar-refractivity contribution in [3.63, 3.8) is 0 Å². The van der Waals surface area contributed by atoms with Gasteiger partial charge >= 0.3 is 0 Å². The zero-order chi connectivity index (χ0) is 19.7. The molecule has 0 bridgehead atoms. The summed E-state index contributed by atoms with van der Waals surface area (Å²) in [4.78, 5) is 0.0569. The number of hydrogen-bond acceptors (Lipinski definition) is 7. The second-order valence-electron chi connectivity index (χ2n) is 6.43. The van der Waals surface area contributed by atoms with E-state index in [0.717, 1.165) is 23.6 Å². The quantitative estimate of drug-likeness (QED) is 0.673. The number of hydrogen-bond donors (Lipinski definition) is 1. The van der Waals surface area contributed by atoms with E-state index in [2.05, 4.69) is 10.4 Å². The summed E-state index contributed by atoms with van der Waals surface area (Å²) in [5.74, 6) is 1.41. The Bertz CT molecular complexity index is 1100. The minimum Gasteiger partial charge on any atom is -0.493 e. The van der Waals surface area contributed by atoms with Gasteiger partial charge in [0, 0.05) is 12.6 Å². The highest BCUT2D eigenvalue weighted by Gasteiger charge is 2.24. The first-order chi connectivity index (χ1) is 13.5. The topological polar surface area (TPSA) is 91.7 Å². The van der Waals surface area contributed by atoms with E-state index in [4.69, 9.17) is 14.2 Å². The Morgan fingerprint density at radius 3 is 2.64 bits per heavy atom. The van der Waals surface area contributed by atoms with Gasteiger partial charge in [-0.2, -0.15) is 17.6 Å². The molecule has 2 aromatic carbocycles. The van der Waals surface area contributed by atoms with Crippen LogP contribution in [0.15, 0.2) is 47.5 Å². The SMILES string of the molecule is COc1ccc(S(=O)(=O)n2ncc3c(OC4CCNC4)cccc32)cc1OC. The van der Waals surface area contributed by atoms with Crippen LogP contribution in [-0.4, -0.2) is 51.0 Å². The van der Waals surface area contributed by atoms with Gasteiger partial charge in [0.15, 0.2) is 11.5 Å². The number of fused-ring (bicyclic) bond motifs is 1. The molecule has 1 aliphatic rings. The lowest BCUT2D eigenvalue weighted by Crippen LogP contribution is -2.19. The molecule has 9 heteroatoms. The second-order valence-corrected chi connectivity index (χ2v) is 8.20. The maximum atomic E-state index is 13.2. The molecule has 4 rings (SSSR count). The standard InChI is InChI=1S/C19H21N3O5S/c1-25-18-7-6-14(10-19(18)26-2)28(23,24)22-16-4-3-5-17(15(16)12-21-22)27-13-8-9-20-11-13/h3-7,10,12-13,20H,8-9,11H2,1-2H3. The van der Waals surface area contributed by atoms with E-state index in [9.17, 15) is 8.42 Å². The predicted molar refractivity (Wildman–Crippen MR) is 104 cm³/mol. The first kappa shape index (κ1) is 18.6. The Labute approximate surface area is 163 Å². The van der Waals surface area contributed by atoms with Gasteiger partial charge in [0.2, 0.25) is 0 Å². The van der Waals surface area contributed by atoms with E-state index in [1.165, 1.54) is 32.5 Å². The van der Waals surface area contributed by atoms with Gasteiger partial charge in [0.05, 0.1) is 36.2 Å². The van der Waals surface area contributed by atoms with Gasteiger partial charge in [-0.15, -0.1) is 0 Å². The molecule has 0 aliphatic carbocycles. The molecule has 3 aromatic rings. The normalized spacial score (nSPS) is 17.0. The molecule has 2 heterocycles. The number of nitrogens with zero attached hydrogens (tertiary/aromatic N) is 2. The number of nitrogens with one attached hydrogen (secondary N) is 1. The van der Waals surface area contributed by atoms with Crippen molar-refractivity contribution >= 4 is 20.9 Å². The van der Waals surface area contributed by atoms with Crippen LogP contribution in [0.25, 0.3) is 10.9 Å². The average molecular weight is 403 g/mol. The highest BCUT2D eigenvalue weighted by atomic mass is 32.2. The van der Waals surface area contributed by atoms with Crippen molar-refractivity contribution in [1.82, 2.24) is 14.5 Å². The summed E-state index contributed by atoms with van der Waals surface area (Å²) in [6.07, 6.45) is 2.50. The van der Waals surface area contributed by atoms with E-state index in [0.29, 0.717) is 28.2 Å². The summed E-state index contributed by atoms with van der Waals surface area (Å²) >= 11 is 0. The average Bonchev–Trinajstić information content (AvgIpc) is 3.37. The fourth-order valence-corrected chi connectivity index (χ4v) is 4.57. The Morgan fingerprint density at radius 1 is 1.11 bits per heavy atom. The molecule has 1 atom stereocenters. The molecule has 148 valence electrons. The van der Waals surface area contributed by atoms with E-state index in [-0.39, 0.29) is 11.0 Å². The Morgan fingerprint density at radius 2 is 1.93 bits per heavy atom. The van der Waals surface area contributed by atoms with Crippen LogP contribution in [-0.2, 0) is 10.0 Å². The third-order valence-electron chi connectivity index (χ3n) is 4.73. The molecule has 0 radical (unpaired) electrons. The highest BCUT2D eigenvalue weighted by molar-refractivity contribution is 7.90. The van der Waals surface area contributed by atoms with E-state index in [1.54, 1.807) is 18.2 Å². The summed E-state index contributed by atoms with van der Waals surface area (Å²) in [5.41, 5.74) is 0.457. The van der Waals surface area contributed by atoms with Gasteiger partial charge in [-0.25, -0.2) is 0 Å². The minimum atomic E-state index is -3.92. The zero-order valence-electron chi connectivity index (χ0n) is 15.6. The highest BCUT2D eigenvalue weighted by Crippen LogP contribution is 2.32. The summed E-state index contributed by atoms with van der Waals surface area (Å²) < 4.78 is 43.8. The van der Waals surface area contributed by atoms with Crippen molar-refractivity contribution in [3.05, 3.63) is 42.6 Å². The van der Waals surface area contributed by atoms with E-state index >= 15 is 0 Å². The molecular weight excluding hydrogens is 382 g/mol. The van der Waals surface area contributed by atoms with Crippen LogP contribution in [0.4, 0.5) is 0 Å². The molecule has 1 fully saturated rings. The summed E-state index contributed by atoms with van der Waals surface area (Å²) in [7, 11) is -0.970. The number of methoxy groups -OCH3 is 2. The van der Waals surface area contributed by atoms with Gasteiger partial charge < -0.3 is 19.5 Å². The zero-order valence-corrected chi connectivity index (χ0v) is 16.4. The Hall–Kier alpha value is -2.78. The third kappa shape index (κ3) is 3.16. The van der Waals surface area contributed by atoms with Crippen LogP contribution in [0, 0.1) is 0 Å². The molecule has 1 N–H and O–H groups in total. The van der Waals surface area contributed by atoms with Crippen LogP contribution in [0.1, 0.15) is 6.42 Å². The molecule has 1 saturated heterocycles. The Kier molecular flexibility index (Phi) is 4.86. The predicted octanol–water partition coefficient (Wildman–Crippen LogP) is 2.03. The first-order valence-corrected chi connectivity index (χ1v) is 10.3. The third-order valence-corrected chi connectivity index (χ3v) is 6.33. The summed E-state index contributed by atoms with van der Waals surface area (Å²) in [5, 5.41) is 8.04. The van der Waals surface area contributed by atoms with Crippen LogP contribution >= 0.6 is 0 Å². The second kappa shape index (κ2) is 7.33. The van der Waals surface area contributed by atoms with Gasteiger partial charge in [0.25, 0.3) is 10.0 Å². The van der Waals surface area contributed by atoms with Crippen LogP contribution in [0.5, 0.6) is 17.2 Å². The first-order valence-electron chi connectivity index (χ1n) is 8.86. The number of aromatic nitrogens is 2. The molecule has 0 saturated carbocycles. The molecule has 1 aliphatic heterocycles. The lowest BCUT2D eigenvalue weighted by Gasteiger charge is -2.13. The minimum absolute atomic E-state index is 0.0569. The number of benzene rings is 2. The van der Waals surface area contributed by atoms with Gasteiger partial charge in [-0.05, 0) is 37.2 Å². The van der Waals surface area contributed by atoms with Crippen molar-refractivity contribution in [3.8, 4) is 17.2 Å². The molecule has 1 unspecified atom stereocenters. The lowest BCUT2D eigenvalue weighted by atomic mass is 10.2. The fourth-order valence-electron chi connectivity index (χ4n) is 3.28. The van der Waals surface area contributed by atoms with Crippen LogP contribution in [0.3, 0.4) is 0 Å². The van der Waals surface area contributed by atoms with Gasteiger partial charge in [-0.3, -0.25) is 0 Å². The molecule has 28 heavy (non-hydrogen) atoms. The van der Waals surface area contributed by atoms with Crippen molar-refractivity contribution in [2.24, 2.45) is 0 Å². The molecule has 8 nitrogen and oxygen atoms in total. The van der Waals surface area contributed by atoms with Crippen molar-refractivity contribution in [2.45, 2.75) is 17.4 Å². The molecule has 0 spiro atoms. The van der Waals surface area contributed by atoms with E-state index < -0.39 is 10.0 Å². The smallest absolute Gasteiger partial charge is 0.283 e. The maximum absolute atomic E-state index is 13.2. The monoisotopic (exact) mass is 403 g/mol. The number of ether oxygens (including phenoxy) is 3. The maximum Gasteiger partial charge on any atom is 0.283 e. The lowest BCUT2D eigenvalue weighted by molar-refractivity contribution is 0.226. The molecular formula is C19H21N3O5S. The van der Waals surface area contributed by atoms with Gasteiger partial charge in [-0.1, -0.05) is 6.07 Å².